The predicted octanol–water partition coefficient (Wildman–Crippen LogP) is 4.94. The molecule has 19 heavy (non-hydrogen) atoms. The first kappa shape index (κ1) is 16.6. The molecular formula is C16H25BrFN. The van der Waals surface area contributed by atoms with E-state index in [1.165, 1.54) is 6.07 Å². The van der Waals surface area contributed by atoms with Crippen molar-refractivity contribution in [2.75, 3.05) is 6.54 Å². The zero-order valence-electron chi connectivity index (χ0n) is 12.6. The van der Waals surface area contributed by atoms with Gasteiger partial charge in [0.2, 0.25) is 0 Å². The molecule has 1 unspecified atom stereocenters. The van der Waals surface area contributed by atoms with Crippen LogP contribution in [0.1, 0.15) is 46.6 Å². The summed E-state index contributed by atoms with van der Waals surface area (Å²) in [5, 5.41) is 3.56. The molecule has 0 radical (unpaired) electrons. The summed E-state index contributed by atoms with van der Waals surface area (Å²) in [4.78, 5) is 0. The van der Waals surface area contributed by atoms with Crippen molar-refractivity contribution in [3.05, 3.63) is 34.1 Å². The van der Waals surface area contributed by atoms with Gasteiger partial charge in [-0.25, -0.2) is 4.39 Å². The average molecular weight is 330 g/mol. The molecular weight excluding hydrogens is 305 g/mol. The molecule has 0 aliphatic carbocycles. The zero-order chi connectivity index (χ0) is 14.7. The van der Waals surface area contributed by atoms with Crippen LogP contribution in [0.25, 0.3) is 0 Å². The standard InChI is InChI=1S/C16H25BrFN/c1-6-16(5,11-19-15(2,3)4)10-12-7-13(17)9-14(18)8-12/h7-9,19H,6,10-11H2,1-5H3. The Kier molecular flexibility index (Phi) is 5.57. The molecule has 0 heterocycles. The Morgan fingerprint density at radius 2 is 1.79 bits per heavy atom. The Morgan fingerprint density at radius 1 is 1.16 bits per heavy atom. The van der Waals surface area contributed by atoms with Gasteiger partial charge in [-0.3, -0.25) is 0 Å². The van der Waals surface area contributed by atoms with Gasteiger partial charge in [-0.15, -0.1) is 0 Å². The van der Waals surface area contributed by atoms with Crippen LogP contribution >= 0.6 is 15.9 Å². The van der Waals surface area contributed by atoms with Gasteiger partial charge in [0.1, 0.15) is 5.82 Å². The largest absolute Gasteiger partial charge is 0.312 e. The summed E-state index contributed by atoms with van der Waals surface area (Å²) in [6.45, 7) is 11.9. The lowest BCUT2D eigenvalue weighted by atomic mass is 9.80. The molecule has 108 valence electrons. The van der Waals surface area contributed by atoms with Crippen molar-refractivity contribution in [2.45, 2.75) is 53.0 Å². The Hall–Kier alpha value is -0.410. The van der Waals surface area contributed by atoms with E-state index >= 15 is 0 Å². The lowest BCUT2D eigenvalue weighted by Gasteiger charge is -2.33. The van der Waals surface area contributed by atoms with Gasteiger partial charge in [0.25, 0.3) is 0 Å². The molecule has 1 N–H and O–H groups in total. The highest BCUT2D eigenvalue weighted by molar-refractivity contribution is 9.10. The highest BCUT2D eigenvalue weighted by atomic mass is 79.9. The van der Waals surface area contributed by atoms with Crippen LogP contribution in [0.3, 0.4) is 0 Å². The average Bonchev–Trinajstić information content (AvgIpc) is 2.24. The van der Waals surface area contributed by atoms with Crippen LogP contribution in [0, 0.1) is 11.2 Å². The van der Waals surface area contributed by atoms with Crippen molar-refractivity contribution in [1.82, 2.24) is 5.32 Å². The molecule has 1 aromatic carbocycles. The summed E-state index contributed by atoms with van der Waals surface area (Å²) in [6.07, 6.45) is 1.94. The number of rotatable bonds is 5. The molecule has 0 fully saturated rings. The van der Waals surface area contributed by atoms with Gasteiger partial charge in [-0.2, -0.15) is 0 Å². The van der Waals surface area contributed by atoms with E-state index in [9.17, 15) is 4.39 Å². The summed E-state index contributed by atoms with van der Waals surface area (Å²) < 4.78 is 14.2. The minimum Gasteiger partial charge on any atom is -0.312 e. The summed E-state index contributed by atoms with van der Waals surface area (Å²) in [7, 11) is 0. The predicted molar refractivity (Wildman–Crippen MR) is 84.0 cm³/mol. The molecule has 0 saturated carbocycles. The molecule has 0 aliphatic rings. The molecule has 1 atom stereocenters. The van der Waals surface area contributed by atoms with E-state index in [1.54, 1.807) is 6.07 Å². The fourth-order valence-corrected chi connectivity index (χ4v) is 2.51. The second-order valence-corrected chi connectivity index (χ2v) is 7.64. The van der Waals surface area contributed by atoms with E-state index in [2.05, 4.69) is 55.9 Å². The number of benzene rings is 1. The van der Waals surface area contributed by atoms with Crippen molar-refractivity contribution < 1.29 is 4.39 Å². The van der Waals surface area contributed by atoms with Crippen LogP contribution in [0.2, 0.25) is 0 Å². The minimum absolute atomic E-state index is 0.110. The van der Waals surface area contributed by atoms with Crippen molar-refractivity contribution in [3.63, 3.8) is 0 Å². The van der Waals surface area contributed by atoms with Crippen LogP contribution in [0.5, 0.6) is 0 Å². The first-order valence-corrected chi connectivity index (χ1v) is 7.63. The summed E-state index contributed by atoms with van der Waals surface area (Å²) >= 11 is 3.36. The summed E-state index contributed by atoms with van der Waals surface area (Å²) in [5.41, 5.74) is 1.30. The maximum Gasteiger partial charge on any atom is 0.124 e. The van der Waals surface area contributed by atoms with Gasteiger partial charge in [0.05, 0.1) is 0 Å². The third-order valence-corrected chi connectivity index (χ3v) is 3.91. The Bertz CT molecular complexity index is 405. The second kappa shape index (κ2) is 6.36. The molecule has 0 aromatic heterocycles. The van der Waals surface area contributed by atoms with Gasteiger partial charge in [0, 0.05) is 16.6 Å². The van der Waals surface area contributed by atoms with E-state index < -0.39 is 0 Å². The molecule has 0 amide bonds. The molecule has 1 aromatic rings. The Morgan fingerprint density at radius 3 is 2.26 bits per heavy atom. The maximum atomic E-state index is 13.4. The van der Waals surface area contributed by atoms with Crippen molar-refractivity contribution >= 4 is 15.9 Å². The topological polar surface area (TPSA) is 12.0 Å². The molecule has 0 spiro atoms. The van der Waals surface area contributed by atoms with E-state index in [-0.39, 0.29) is 16.8 Å². The SMILES string of the molecule is CCC(C)(CNC(C)(C)C)Cc1cc(F)cc(Br)c1. The van der Waals surface area contributed by atoms with Crippen LogP contribution < -0.4 is 5.32 Å². The van der Waals surface area contributed by atoms with Crippen LogP contribution in [-0.4, -0.2) is 12.1 Å². The molecule has 0 bridgehead atoms. The number of hydrogen-bond donors (Lipinski definition) is 1. The first-order chi connectivity index (χ1) is 8.63. The van der Waals surface area contributed by atoms with Gasteiger partial charge in [0.15, 0.2) is 0 Å². The highest BCUT2D eigenvalue weighted by Crippen LogP contribution is 2.28. The molecule has 3 heteroatoms. The summed E-state index contributed by atoms with van der Waals surface area (Å²) in [6, 6.07) is 5.14. The van der Waals surface area contributed by atoms with Crippen molar-refractivity contribution in [1.29, 1.82) is 0 Å². The fourth-order valence-electron chi connectivity index (χ4n) is 2.00. The molecule has 0 aliphatic heterocycles. The van der Waals surface area contributed by atoms with E-state index in [0.29, 0.717) is 0 Å². The van der Waals surface area contributed by atoms with Gasteiger partial charge < -0.3 is 5.32 Å². The normalized spacial score (nSPS) is 15.3. The summed E-state index contributed by atoms with van der Waals surface area (Å²) in [5.74, 6) is -0.174. The van der Waals surface area contributed by atoms with E-state index in [4.69, 9.17) is 0 Å². The highest BCUT2D eigenvalue weighted by Gasteiger charge is 2.25. The smallest absolute Gasteiger partial charge is 0.124 e. The lowest BCUT2D eigenvalue weighted by molar-refractivity contribution is 0.254. The Balaban J connectivity index is 2.79. The maximum absolute atomic E-state index is 13.4. The molecule has 0 saturated heterocycles. The van der Waals surface area contributed by atoms with Gasteiger partial charge >= 0.3 is 0 Å². The zero-order valence-corrected chi connectivity index (χ0v) is 14.2. The minimum atomic E-state index is -0.174. The van der Waals surface area contributed by atoms with Gasteiger partial charge in [-0.05, 0) is 62.8 Å². The molecule has 1 nitrogen and oxygen atoms in total. The first-order valence-electron chi connectivity index (χ1n) is 6.83. The number of halogens is 2. The fraction of sp³-hybridized carbons (Fsp3) is 0.625. The molecule has 1 rings (SSSR count). The van der Waals surface area contributed by atoms with Crippen LogP contribution in [0.4, 0.5) is 4.39 Å². The Labute approximate surface area is 125 Å². The van der Waals surface area contributed by atoms with E-state index in [0.717, 1.165) is 29.4 Å². The van der Waals surface area contributed by atoms with E-state index in [1.807, 2.05) is 6.07 Å². The third-order valence-electron chi connectivity index (χ3n) is 3.45. The van der Waals surface area contributed by atoms with Gasteiger partial charge in [-0.1, -0.05) is 29.8 Å². The number of hydrogen-bond acceptors (Lipinski definition) is 1. The lowest BCUT2D eigenvalue weighted by Crippen LogP contribution is -2.43. The monoisotopic (exact) mass is 329 g/mol. The second-order valence-electron chi connectivity index (χ2n) is 6.72. The quantitative estimate of drug-likeness (QED) is 0.807. The van der Waals surface area contributed by atoms with Crippen molar-refractivity contribution in [3.8, 4) is 0 Å². The third kappa shape index (κ3) is 6.05. The van der Waals surface area contributed by atoms with Crippen LogP contribution in [-0.2, 0) is 6.42 Å². The van der Waals surface area contributed by atoms with Crippen LogP contribution in [0.15, 0.2) is 22.7 Å². The van der Waals surface area contributed by atoms with Crippen molar-refractivity contribution in [2.24, 2.45) is 5.41 Å². The number of nitrogens with one attached hydrogen (secondary N) is 1.